The van der Waals surface area contributed by atoms with E-state index in [1.807, 2.05) is 35.7 Å². The SMILES string of the molecule is CC(C)(C)OC(=O)NCC(=O)Cc1nc(-c2cccc(-c3ccncc3)c2)cs1. The fraction of sp³-hybridized carbons (Fsp3) is 0.273. The molecule has 0 aliphatic carbocycles. The summed E-state index contributed by atoms with van der Waals surface area (Å²) in [6.45, 7) is 5.24. The van der Waals surface area contributed by atoms with Gasteiger partial charge in [0.2, 0.25) is 0 Å². The minimum absolute atomic E-state index is 0.0820. The topological polar surface area (TPSA) is 81.2 Å². The highest BCUT2D eigenvalue weighted by Crippen LogP contribution is 2.27. The number of aromatic nitrogens is 2. The first kappa shape index (κ1) is 20.7. The van der Waals surface area contributed by atoms with Crippen molar-refractivity contribution in [2.75, 3.05) is 6.54 Å². The van der Waals surface area contributed by atoms with E-state index in [0.29, 0.717) is 5.01 Å². The number of pyridine rings is 1. The monoisotopic (exact) mass is 409 g/mol. The van der Waals surface area contributed by atoms with Gasteiger partial charge < -0.3 is 10.1 Å². The molecule has 0 saturated heterocycles. The van der Waals surface area contributed by atoms with E-state index in [1.165, 1.54) is 11.3 Å². The minimum atomic E-state index is -0.599. The van der Waals surface area contributed by atoms with Crippen LogP contribution < -0.4 is 5.32 Å². The van der Waals surface area contributed by atoms with E-state index in [2.05, 4.69) is 21.4 Å². The molecule has 0 atom stereocenters. The Balaban J connectivity index is 1.61. The molecule has 1 amide bonds. The van der Waals surface area contributed by atoms with Gasteiger partial charge in [-0.25, -0.2) is 9.78 Å². The van der Waals surface area contributed by atoms with Crippen molar-refractivity contribution >= 4 is 23.2 Å². The molecule has 6 nitrogen and oxygen atoms in total. The molecule has 2 aromatic heterocycles. The van der Waals surface area contributed by atoms with Gasteiger partial charge in [-0.15, -0.1) is 11.3 Å². The zero-order valence-corrected chi connectivity index (χ0v) is 17.5. The number of ether oxygens (including phenoxy) is 1. The van der Waals surface area contributed by atoms with E-state index < -0.39 is 11.7 Å². The van der Waals surface area contributed by atoms with E-state index in [9.17, 15) is 9.59 Å². The largest absolute Gasteiger partial charge is 0.444 e. The number of rotatable bonds is 6. The fourth-order valence-corrected chi connectivity index (χ4v) is 3.48. The number of hydrogen-bond acceptors (Lipinski definition) is 6. The maximum absolute atomic E-state index is 12.2. The van der Waals surface area contributed by atoms with Crippen molar-refractivity contribution in [3.8, 4) is 22.4 Å². The molecular weight excluding hydrogens is 386 g/mol. The van der Waals surface area contributed by atoms with Crippen molar-refractivity contribution < 1.29 is 14.3 Å². The summed E-state index contributed by atoms with van der Waals surface area (Å²) in [5, 5.41) is 5.14. The summed E-state index contributed by atoms with van der Waals surface area (Å²) in [5.74, 6) is -0.123. The first-order chi connectivity index (χ1) is 13.8. The number of ketones is 1. The van der Waals surface area contributed by atoms with Crippen LogP contribution in [0.25, 0.3) is 22.4 Å². The van der Waals surface area contributed by atoms with Crippen molar-refractivity contribution in [3.05, 3.63) is 59.2 Å². The lowest BCUT2D eigenvalue weighted by Crippen LogP contribution is -2.35. The Morgan fingerprint density at radius 3 is 2.52 bits per heavy atom. The number of nitrogens with zero attached hydrogens (tertiary/aromatic N) is 2. The highest BCUT2D eigenvalue weighted by atomic mass is 32.1. The lowest BCUT2D eigenvalue weighted by molar-refractivity contribution is -0.117. The minimum Gasteiger partial charge on any atom is -0.444 e. The van der Waals surface area contributed by atoms with Crippen LogP contribution >= 0.6 is 11.3 Å². The Kier molecular flexibility index (Phi) is 6.39. The predicted octanol–water partition coefficient (Wildman–Crippen LogP) is 4.51. The second kappa shape index (κ2) is 8.96. The van der Waals surface area contributed by atoms with Crippen LogP contribution in [-0.2, 0) is 16.0 Å². The Bertz CT molecular complexity index is 994. The van der Waals surface area contributed by atoms with Crippen molar-refractivity contribution in [2.45, 2.75) is 32.8 Å². The molecule has 0 unspecified atom stereocenters. The number of benzene rings is 1. The highest BCUT2D eigenvalue weighted by molar-refractivity contribution is 7.10. The second-order valence-electron chi connectivity index (χ2n) is 7.51. The maximum atomic E-state index is 12.2. The van der Waals surface area contributed by atoms with Crippen LogP contribution in [-0.4, -0.2) is 34.0 Å². The van der Waals surface area contributed by atoms with Crippen LogP contribution in [0.15, 0.2) is 54.2 Å². The molecule has 0 saturated carbocycles. The molecular formula is C22H23N3O3S. The number of amides is 1. The molecule has 0 bridgehead atoms. The van der Waals surface area contributed by atoms with Crippen LogP contribution in [0.4, 0.5) is 4.79 Å². The van der Waals surface area contributed by atoms with Gasteiger partial charge in [-0.05, 0) is 50.1 Å². The van der Waals surface area contributed by atoms with E-state index in [4.69, 9.17) is 4.74 Å². The normalized spacial score (nSPS) is 11.1. The molecule has 29 heavy (non-hydrogen) atoms. The summed E-state index contributed by atoms with van der Waals surface area (Å²) in [6, 6.07) is 12.0. The Morgan fingerprint density at radius 1 is 1.07 bits per heavy atom. The molecule has 2 heterocycles. The van der Waals surface area contributed by atoms with Gasteiger partial charge in [0.1, 0.15) is 10.6 Å². The fourth-order valence-electron chi connectivity index (χ4n) is 2.64. The van der Waals surface area contributed by atoms with Gasteiger partial charge in [0.05, 0.1) is 18.7 Å². The van der Waals surface area contributed by atoms with Gasteiger partial charge in [0.15, 0.2) is 5.78 Å². The number of carbonyl (C=O) groups is 2. The quantitative estimate of drug-likeness (QED) is 0.648. The van der Waals surface area contributed by atoms with Crippen LogP contribution in [0.5, 0.6) is 0 Å². The van der Waals surface area contributed by atoms with Gasteiger partial charge in [-0.3, -0.25) is 9.78 Å². The standard InChI is InChI=1S/C22H23N3O3S/c1-22(2,3)28-21(27)24-13-18(26)12-20-25-19(14-29-20)17-6-4-5-16(11-17)15-7-9-23-10-8-15/h4-11,14H,12-13H2,1-3H3,(H,24,27). The summed E-state index contributed by atoms with van der Waals surface area (Å²) in [7, 11) is 0. The third-order valence-corrected chi connectivity index (χ3v) is 4.75. The summed E-state index contributed by atoms with van der Waals surface area (Å²) in [5.41, 5.74) is 3.38. The number of thiazole rings is 1. The van der Waals surface area contributed by atoms with E-state index in [0.717, 1.165) is 22.4 Å². The van der Waals surface area contributed by atoms with Crippen molar-refractivity contribution in [1.29, 1.82) is 0 Å². The molecule has 1 aromatic carbocycles. The molecule has 7 heteroatoms. The summed E-state index contributed by atoms with van der Waals surface area (Å²) in [4.78, 5) is 32.4. The zero-order valence-electron chi connectivity index (χ0n) is 16.6. The molecule has 0 fully saturated rings. The number of alkyl carbamates (subject to hydrolysis) is 1. The number of hydrogen-bond donors (Lipinski definition) is 1. The lowest BCUT2D eigenvalue weighted by atomic mass is 10.0. The van der Waals surface area contributed by atoms with E-state index >= 15 is 0 Å². The third kappa shape index (κ3) is 6.22. The predicted molar refractivity (Wildman–Crippen MR) is 114 cm³/mol. The van der Waals surface area contributed by atoms with Crippen molar-refractivity contribution in [3.63, 3.8) is 0 Å². The molecule has 3 aromatic rings. The Hall–Kier alpha value is -3.06. The van der Waals surface area contributed by atoms with Gasteiger partial charge in [-0.2, -0.15) is 0 Å². The van der Waals surface area contributed by atoms with Gasteiger partial charge in [-0.1, -0.05) is 18.2 Å². The number of Topliss-reactive ketones (excluding diaryl/α,β-unsaturated/α-hetero) is 1. The average Bonchev–Trinajstić information content (AvgIpc) is 3.14. The number of carbonyl (C=O) groups excluding carboxylic acids is 2. The highest BCUT2D eigenvalue weighted by Gasteiger charge is 2.17. The first-order valence-electron chi connectivity index (χ1n) is 9.24. The lowest BCUT2D eigenvalue weighted by Gasteiger charge is -2.19. The third-order valence-electron chi connectivity index (χ3n) is 3.90. The van der Waals surface area contributed by atoms with Gasteiger partial charge >= 0.3 is 6.09 Å². The average molecular weight is 410 g/mol. The molecule has 1 N–H and O–H groups in total. The van der Waals surface area contributed by atoms with E-state index in [1.54, 1.807) is 33.2 Å². The smallest absolute Gasteiger partial charge is 0.408 e. The Labute approximate surface area is 174 Å². The van der Waals surface area contributed by atoms with Gasteiger partial charge in [0, 0.05) is 23.3 Å². The molecule has 0 aliphatic heterocycles. The van der Waals surface area contributed by atoms with Crippen LogP contribution in [0.2, 0.25) is 0 Å². The van der Waals surface area contributed by atoms with Crippen LogP contribution in [0, 0.1) is 0 Å². The molecule has 0 spiro atoms. The number of nitrogens with one attached hydrogen (secondary N) is 1. The maximum Gasteiger partial charge on any atom is 0.408 e. The van der Waals surface area contributed by atoms with Crippen LogP contribution in [0.1, 0.15) is 25.8 Å². The van der Waals surface area contributed by atoms with Crippen molar-refractivity contribution in [1.82, 2.24) is 15.3 Å². The van der Waals surface area contributed by atoms with Crippen molar-refractivity contribution in [2.24, 2.45) is 0 Å². The Morgan fingerprint density at radius 2 is 1.79 bits per heavy atom. The van der Waals surface area contributed by atoms with Gasteiger partial charge in [0.25, 0.3) is 0 Å². The van der Waals surface area contributed by atoms with Crippen LogP contribution in [0.3, 0.4) is 0 Å². The van der Waals surface area contributed by atoms with E-state index in [-0.39, 0.29) is 18.7 Å². The zero-order chi connectivity index (χ0) is 20.9. The molecule has 0 radical (unpaired) electrons. The molecule has 0 aliphatic rings. The summed E-state index contributed by atoms with van der Waals surface area (Å²) in [6.07, 6.45) is 3.10. The summed E-state index contributed by atoms with van der Waals surface area (Å²) < 4.78 is 5.13. The molecule has 3 rings (SSSR count). The first-order valence-corrected chi connectivity index (χ1v) is 10.1. The summed E-state index contributed by atoms with van der Waals surface area (Å²) >= 11 is 1.43. The second-order valence-corrected chi connectivity index (χ2v) is 8.46. The molecule has 150 valence electrons.